The van der Waals surface area contributed by atoms with Crippen molar-refractivity contribution in [2.24, 2.45) is 5.90 Å². The van der Waals surface area contributed by atoms with E-state index in [0.717, 1.165) is 0 Å². The number of rotatable bonds is 1. The first-order valence-electron chi connectivity index (χ1n) is 1.37. The molecule has 0 radical (unpaired) electrons. The van der Waals surface area contributed by atoms with Crippen molar-refractivity contribution in [1.29, 1.82) is 0 Å². The molecule has 0 amide bonds. The van der Waals surface area contributed by atoms with E-state index in [1.54, 1.807) is 0 Å². The zero-order chi connectivity index (χ0) is 6.78. The van der Waals surface area contributed by atoms with Crippen LogP contribution in [-0.4, -0.2) is 18.8 Å². The molecule has 0 spiro atoms. The zero-order valence-electron chi connectivity index (χ0n) is 3.57. The van der Waals surface area contributed by atoms with Crippen LogP contribution in [0.15, 0.2) is 0 Å². The Morgan fingerprint density at radius 3 is 2.00 bits per heavy atom. The molecule has 3 N–H and O–H groups in total. The van der Waals surface area contributed by atoms with Gasteiger partial charge >= 0.3 is 15.4 Å². The smallest absolute Gasteiger partial charge is 0.451 e. The molecule has 0 aliphatic heterocycles. The summed E-state index contributed by atoms with van der Waals surface area (Å²) in [6, 6.07) is 0. The Balaban J connectivity index is 4.42. The van der Waals surface area contributed by atoms with Crippen molar-refractivity contribution in [1.82, 2.24) is 0 Å². The maximum Gasteiger partial charge on any atom is 0.451 e. The van der Waals surface area contributed by atoms with Crippen LogP contribution < -0.4 is 5.90 Å². The van der Waals surface area contributed by atoms with Crippen molar-refractivity contribution in [2.75, 3.05) is 0 Å². The molecule has 48 valence electrons. The first-order valence-corrected chi connectivity index (χ1v) is 2.78. The first-order chi connectivity index (χ1) is 3.50. The van der Waals surface area contributed by atoms with Crippen LogP contribution in [0.2, 0.25) is 0 Å². The fraction of sp³-hybridized carbons (Fsp3) is 0. The van der Waals surface area contributed by atoms with Gasteiger partial charge in [-0.1, -0.05) is 0 Å². The standard InChI is InChI=1S/CH3NO5S/c2-7-8(5,6)1(3)4/h2H2,(H,3,4). The van der Waals surface area contributed by atoms with Crippen LogP contribution >= 0.6 is 0 Å². The molecule has 7 heteroatoms. The lowest BCUT2D eigenvalue weighted by atomic mass is 11.6. The third-order valence-electron chi connectivity index (χ3n) is 0.341. The van der Waals surface area contributed by atoms with Crippen LogP contribution in [0.5, 0.6) is 0 Å². The molecule has 0 aromatic carbocycles. The normalized spacial score (nSPS) is 11.1. The number of carboxylic acid groups (broad SMARTS) is 1. The quantitative estimate of drug-likeness (QED) is 0.448. The van der Waals surface area contributed by atoms with E-state index in [1.165, 1.54) is 0 Å². The summed E-state index contributed by atoms with van der Waals surface area (Å²) in [5.74, 6) is 4.04. The predicted molar refractivity (Wildman–Crippen MR) is 22.2 cm³/mol. The number of hydrogen-bond donors (Lipinski definition) is 2. The van der Waals surface area contributed by atoms with Gasteiger partial charge in [0.15, 0.2) is 0 Å². The molecule has 0 aromatic rings. The number of carbonyl (C=O) groups is 1. The summed E-state index contributed by atoms with van der Waals surface area (Å²) in [5, 5.41) is 5.55. The molecule has 0 aliphatic rings. The van der Waals surface area contributed by atoms with E-state index in [2.05, 4.69) is 10.2 Å². The van der Waals surface area contributed by atoms with E-state index in [1.807, 2.05) is 0 Å². The number of hydrogen-bond acceptors (Lipinski definition) is 5. The van der Waals surface area contributed by atoms with Crippen molar-refractivity contribution in [3.8, 4) is 0 Å². The molecule has 0 aromatic heterocycles. The topological polar surface area (TPSA) is 107 Å². The van der Waals surface area contributed by atoms with Gasteiger partial charge in [-0.15, -0.1) is 0 Å². The largest absolute Gasteiger partial charge is 0.468 e. The fourth-order valence-corrected chi connectivity index (χ4v) is 0.123. The van der Waals surface area contributed by atoms with Gasteiger partial charge in [-0.2, -0.15) is 18.6 Å². The molecule has 6 nitrogen and oxygen atoms in total. The third-order valence-corrected chi connectivity index (χ3v) is 1.02. The minimum atomic E-state index is -4.54. The Bertz CT molecular complexity index is 179. The van der Waals surface area contributed by atoms with Gasteiger partial charge in [0.25, 0.3) is 0 Å². The lowest BCUT2D eigenvalue weighted by molar-refractivity contribution is 0.211. The highest BCUT2D eigenvalue weighted by molar-refractivity contribution is 8.01. The average Bonchev–Trinajstić information content (AvgIpc) is 1.67. The maximum absolute atomic E-state index is 9.75. The Morgan fingerprint density at radius 2 is 2.00 bits per heavy atom. The Hall–Kier alpha value is -0.660. The molecule has 0 heterocycles. The molecular weight excluding hydrogens is 138 g/mol. The Kier molecular flexibility index (Phi) is 1.90. The van der Waals surface area contributed by atoms with Crippen molar-refractivity contribution < 1.29 is 22.6 Å². The minimum Gasteiger partial charge on any atom is -0.468 e. The minimum absolute atomic E-state index is 2.10. The summed E-state index contributed by atoms with van der Waals surface area (Å²) < 4.78 is 22.6. The van der Waals surface area contributed by atoms with E-state index in [-0.39, 0.29) is 0 Å². The summed E-state index contributed by atoms with van der Waals surface area (Å²) in [6.07, 6.45) is 0. The van der Waals surface area contributed by atoms with E-state index in [9.17, 15) is 13.2 Å². The lowest BCUT2D eigenvalue weighted by Gasteiger charge is -1.87. The highest BCUT2D eigenvalue weighted by atomic mass is 32.2. The van der Waals surface area contributed by atoms with E-state index < -0.39 is 15.4 Å². The zero-order valence-corrected chi connectivity index (χ0v) is 4.38. The second-order valence-corrected chi connectivity index (χ2v) is 2.27. The fourth-order valence-electron chi connectivity index (χ4n) is 0.0412. The van der Waals surface area contributed by atoms with Gasteiger partial charge < -0.3 is 5.11 Å². The van der Waals surface area contributed by atoms with Gasteiger partial charge in [0.2, 0.25) is 0 Å². The summed E-state index contributed by atoms with van der Waals surface area (Å²) in [7, 11) is -4.54. The van der Waals surface area contributed by atoms with Crippen LogP contribution in [0.3, 0.4) is 0 Å². The van der Waals surface area contributed by atoms with Crippen LogP contribution in [0.1, 0.15) is 0 Å². The second kappa shape index (κ2) is 2.07. The van der Waals surface area contributed by atoms with Crippen molar-refractivity contribution in [3.05, 3.63) is 0 Å². The van der Waals surface area contributed by atoms with Crippen molar-refractivity contribution in [2.45, 2.75) is 0 Å². The highest BCUT2D eigenvalue weighted by Gasteiger charge is 2.19. The van der Waals surface area contributed by atoms with E-state index in [0.29, 0.717) is 0 Å². The van der Waals surface area contributed by atoms with Crippen LogP contribution in [0.4, 0.5) is 4.79 Å². The molecule has 0 atom stereocenters. The van der Waals surface area contributed by atoms with Gasteiger partial charge in [-0.3, -0.25) is 0 Å². The number of nitrogens with two attached hydrogens (primary N) is 1. The molecule has 0 bridgehead atoms. The summed E-state index contributed by atoms with van der Waals surface area (Å²) >= 11 is 0. The lowest BCUT2D eigenvalue weighted by Crippen LogP contribution is -2.18. The predicted octanol–water partition coefficient (Wildman–Crippen LogP) is -1.12. The molecule has 0 rings (SSSR count). The van der Waals surface area contributed by atoms with Gasteiger partial charge in [0, 0.05) is 0 Å². The van der Waals surface area contributed by atoms with E-state index in [4.69, 9.17) is 5.11 Å². The molecule has 0 unspecified atom stereocenters. The van der Waals surface area contributed by atoms with Gasteiger partial charge in [0.05, 0.1) is 0 Å². The third kappa shape index (κ3) is 1.45. The summed E-state index contributed by atoms with van der Waals surface area (Å²) in [4.78, 5) is 9.46. The molecule has 0 saturated carbocycles. The van der Waals surface area contributed by atoms with Gasteiger partial charge in [0.1, 0.15) is 0 Å². The van der Waals surface area contributed by atoms with Crippen LogP contribution in [0.25, 0.3) is 0 Å². The van der Waals surface area contributed by atoms with E-state index >= 15 is 0 Å². The van der Waals surface area contributed by atoms with Crippen LogP contribution in [-0.2, 0) is 14.4 Å². The van der Waals surface area contributed by atoms with Crippen molar-refractivity contribution in [3.63, 3.8) is 0 Å². The highest BCUT2D eigenvalue weighted by Crippen LogP contribution is 1.86. The Labute approximate surface area is 44.9 Å². The molecule has 0 fully saturated rings. The molecule has 8 heavy (non-hydrogen) atoms. The maximum atomic E-state index is 9.75. The van der Waals surface area contributed by atoms with Crippen LogP contribution in [0, 0.1) is 0 Å². The van der Waals surface area contributed by atoms with Gasteiger partial charge in [-0.25, -0.2) is 4.79 Å². The summed E-state index contributed by atoms with van der Waals surface area (Å²) in [6.45, 7) is 0. The van der Waals surface area contributed by atoms with Gasteiger partial charge in [-0.05, 0) is 0 Å². The summed E-state index contributed by atoms with van der Waals surface area (Å²) in [5.41, 5.74) is 0. The molecular formula is CH3NO5S. The second-order valence-electron chi connectivity index (χ2n) is 0.816. The SMILES string of the molecule is NOS(=O)(=O)C(=O)O. The first kappa shape index (κ1) is 7.34. The average molecular weight is 141 g/mol. The monoisotopic (exact) mass is 141 g/mol. The molecule has 0 aliphatic carbocycles. The Morgan fingerprint density at radius 1 is 1.62 bits per heavy atom. The molecule has 0 saturated heterocycles. The van der Waals surface area contributed by atoms with Crippen molar-refractivity contribution >= 4 is 15.4 Å².